The number of amides is 1. The first-order valence-electron chi connectivity index (χ1n) is 9.11. The predicted molar refractivity (Wildman–Crippen MR) is 95.9 cm³/mol. The Labute approximate surface area is 156 Å². The van der Waals surface area contributed by atoms with Crippen LogP contribution in [-0.4, -0.2) is 43.8 Å². The molecule has 0 aromatic carbocycles. The van der Waals surface area contributed by atoms with E-state index in [1.165, 1.54) is 0 Å². The van der Waals surface area contributed by atoms with Crippen molar-refractivity contribution in [2.24, 2.45) is 17.8 Å². The molecule has 138 valence electrons. The number of nitrogens with one attached hydrogen (secondary N) is 2. The molecular formula is C19H20N6O2. The number of furan rings is 1. The molecule has 1 saturated heterocycles. The van der Waals surface area contributed by atoms with E-state index < -0.39 is 0 Å². The van der Waals surface area contributed by atoms with E-state index in [4.69, 9.17) is 4.42 Å². The number of imidazole rings is 1. The predicted octanol–water partition coefficient (Wildman–Crippen LogP) is 1.45. The van der Waals surface area contributed by atoms with Gasteiger partial charge in [-0.3, -0.25) is 9.69 Å². The Bertz CT molecular complexity index is 894. The van der Waals surface area contributed by atoms with Crippen molar-refractivity contribution in [2.45, 2.75) is 13.1 Å². The molecule has 27 heavy (non-hydrogen) atoms. The second-order valence-electron chi connectivity index (χ2n) is 7.19. The molecule has 2 aliphatic rings. The average molecular weight is 364 g/mol. The van der Waals surface area contributed by atoms with Crippen molar-refractivity contribution >= 4 is 5.91 Å². The molecule has 1 unspecified atom stereocenters. The van der Waals surface area contributed by atoms with E-state index in [2.05, 4.69) is 30.2 Å². The fourth-order valence-electron chi connectivity index (χ4n) is 4.04. The van der Waals surface area contributed by atoms with E-state index in [1.807, 2.05) is 24.5 Å². The maximum Gasteiger partial charge on any atom is 0.224 e. The summed E-state index contributed by atoms with van der Waals surface area (Å²) in [5.41, 5.74) is 1.07. The molecule has 0 spiro atoms. The summed E-state index contributed by atoms with van der Waals surface area (Å²) in [6, 6.07) is 3.67. The first-order chi connectivity index (χ1) is 13.3. The fourth-order valence-corrected chi connectivity index (χ4v) is 4.04. The molecule has 1 aliphatic carbocycles. The zero-order valence-electron chi connectivity index (χ0n) is 14.7. The lowest BCUT2D eigenvalue weighted by atomic mass is 10.2. The number of aromatic amines is 1. The highest BCUT2D eigenvalue weighted by Gasteiger charge is 2.59. The Morgan fingerprint density at radius 3 is 2.74 bits per heavy atom. The standard InChI is InChI=1S/C19H20N6O2/c26-19(24-8-16-20-3-4-21-16)17-13-10-25(11-14(13)17)9-12-6-22-18(23-7-12)15-2-1-5-27-15/h1-7,13-14,17H,8-11H2,(H,20,21)(H,24,26)/t13-,14+,17?. The lowest BCUT2D eigenvalue weighted by molar-refractivity contribution is -0.123. The molecule has 3 atom stereocenters. The quantitative estimate of drug-likeness (QED) is 0.687. The Kier molecular flexibility index (Phi) is 3.97. The van der Waals surface area contributed by atoms with E-state index in [1.54, 1.807) is 18.7 Å². The molecule has 2 fully saturated rings. The number of rotatable bonds is 6. The molecular weight excluding hydrogens is 344 g/mol. The van der Waals surface area contributed by atoms with E-state index in [-0.39, 0.29) is 11.8 Å². The fraction of sp³-hybridized carbons (Fsp3) is 0.368. The summed E-state index contributed by atoms with van der Waals surface area (Å²) in [6.07, 6.45) is 8.77. The van der Waals surface area contributed by atoms with Gasteiger partial charge in [0.2, 0.25) is 5.91 Å². The highest BCUT2D eigenvalue weighted by Crippen LogP contribution is 2.52. The van der Waals surface area contributed by atoms with Crippen molar-refractivity contribution in [3.63, 3.8) is 0 Å². The van der Waals surface area contributed by atoms with Gasteiger partial charge in [-0.2, -0.15) is 0 Å². The number of likely N-dealkylation sites (tertiary alicyclic amines) is 1. The van der Waals surface area contributed by atoms with Crippen LogP contribution in [0.4, 0.5) is 0 Å². The Morgan fingerprint density at radius 1 is 1.26 bits per heavy atom. The van der Waals surface area contributed by atoms with E-state index in [0.29, 0.717) is 30.0 Å². The van der Waals surface area contributed by atoms with Crippen LogP contribution in [0, 0.1) is 17.8 Å². The third-order valence-corrected chi connectivity index (χ3v) is 5.41. The van der Waals surface area contributed by atoms with Crippen LogP contribution in [0.25, 0.3) is 11.6 Å². The molecule has 3 aromatic rings. The third-order valence-electron chi connectivity index (χ3n) is 5.41. The van der Waals surface area contributed by atoms with Crippen LogP contribution >= 0.6 is 0 Å². The molecule has 1 saturated carbocycles. The molecule has 0 bridgehead atoms. The van der Waals surface area contributed by atoms with Crippen molar-refractivity contribution < 1.29 is 9.21 Å². The maximum atomic E-state index is 12.3. The molecule has 1 amide bonds. The number of aromatic nitrogens is 4. The monoisotopic (exact) mass is 364 g/mol. The van der Waals surface area contributed by atoms with Gasteiger partial charge in [-0.1, -0.05) is 0 Å². The second-order valence-corrected chi connectivity index (χ2v) is 7.19. The average Bonchev–Trinajstić information content (AvgIpc) is 3.22. The summed E-state index contributed by atoms with van der Waals surface area (Å²) in [5, 5.41) is 2.98. The maximum absolute atomic E-state index is 12.3. The summed E-state index contributed by atoms with van der Waals surface area (Å²) in [5.74, 6) is 3.28. The number of hydrogen-bond acceptors (Lipinski definition) is 6. The number of H-pyrrole nitrogens is 1. The lowest BCUT2D eigenvalue weighted by Gasteiger charge is -2.19. The summed E-state index contributed by atoms with van der Waals surface area (Å²) >= 11 is 0. The third kappa shape index (κ3) is 3.23. The zero-order valence-corrected chi connectivity index (χ0v) is 14.7. The van der Waals surface area contributed by atoms with Crippen molar-refractivity contribution in [3.05, 3.63) is 54.6 Å². The van der Waals surface area contributed by atoms with Gasteiger partial charge >= 0.3 is 0 Å². The number of fused-ring (bicyclic) bond motifs is 1. The molecule has 1 aliphatic heterocycles. The van der Waals surface area contributed by atoms with Crippen molar-refractivity contribution in [2.75, 3.05) is 13.1 Å². The van der Waals surface area contributed by atoms with Gasteiger partial charge in [-0.15, -0.1) is 0 Å². The molecule has 2 N–H and O–H groups in total. The molecule has 8 nitrogen and oxygen atoms in total. The van der Waals surface area contributed by atoms with Crippen molar-refractivity contribution in [1.82, 2.24) is 30.2 Å². The molecule has 8 heteroatoms. The lowest BCUT2D eigenvalue weighted by Crippen LogP contribution is -2.31. The summed E-state index contributed by atoms with van der Waals surface area (Å²) < 4.78 is 5.31. The van der Waals surface area contributed by atoms with Gasteiger partial charge in [0.1, 0.15) is 5.82 Å². The van der Waals surface area contributed by atoms with E-state index >= 15 is 0 Å². The Morgan fingerprint density at radius 2 is 2.07 bits per heavy atom. The van der Waals surface area contributed by atoms with Crippen molar-refractivity contribution in [1.29, 1.82) is 0 Å². The van der Waals surface area contributed by atoms with Crippen LogP contribution in [0.3, 0.4) is 0 Å². The number of carbonyl (C=O) groups is 1. The zero-order chi connectivity index (χ0) is 18.2. The minimum absolute atomic E-state index is 0.146. The van der Waals surface area contributed by atoms with Crippen molar-refractivity contribution in [3.8, 4) is 11.6 Å². The van der Waals surface area contributed by atoms with Gasteiger partial charge in [0.25, 0.3) is 0 Å². The first kappa shape index (κ1) is 16.2. The van der Waals surface area contributed by atoms with Crippen LogP contribution in [0.15, 0.2) is 47.6 Å². The van der Waals surface area contributed by atoms with E-state index in [9.17, 15) is 4.79 Å². The van der Waals surface area contributed by atoms with Crippen LogP contribution in [0.2, 0.25) is 0 Å². The molecule has 3 aromatic heterocycles. The van der Waals surface area contributed by atoms with Gasteiger partial charge < -0.3 is 14.7 Å². The highest BCUT2D eigenvalue weighted by atomic mass is 16.3. The first-order valence-corrected chi connectivity index (χ1v) is 9.11. The Hall–Kier alpha value is -3.00. The summed E-state index contributed by atoms with van der Waals surface area (Å²) in [7, 11) is 0. The molecule has 5 rings (SSSR count). The number of piperidine rings is 1. The molecule has 4 heterocycles. The minimum Gasteiger partial charge on any atom is -0.461 e. The van der Waals surface area contributed by atoms with E-state index in [0.717, 1.165) is 31.0 Å². The van der Waals surface area contributed by atoms with Crippen LogP contribution < -0.4 is 5.32 Å². The van der Waals surface area contributed by atoms with Gasteiger partial charge in [-0.05, 0) is 24.0 Å². The summed E-state index contributed by atoms with van der Waals surface area (Å²) in [6.45, 7) is 3.17. The summed E-state index contributed by atoms with van der Waals surface area (Å²) in [4.78, 5) is 30.6. The number of carbonyl (C=O) groups excluding carboxylic acids is 1. The van der Waals surface area contributed by atoms with Gasteiger partial charge in [0, 0.05) is 55.9 Å². The second kappa shape index (κ2) is 6.62. The van der Waals surface area contributed by atoms with Crippen LogP contribution in [0.5, 0.6) is 0 Å². The van der Waals surface area contributed by atoms with Gasteiger partial charge in [0.15, 0.2) is 11.6 Å². The topological polar surface area (TPSA) is 99.9 Å². The smallest absolute Gasteiger partial charge is 0.224 e. The molecule has 0 radical (unpaired) electrons. The Balaban J connectivity index is 1.11. The van der Waals surface area contributed by atoms with Gasteiger partial charge in [-0.25, -0.2) is 15.0 Å². The minimum atomic E-state index is 0.146. The SMILES string of the molecule is O=C(NCc1ncc[nH]1)C1[C@H]2CN(Cc3cnc(-c4ccco4)nc3)C[C@@H]12. The van der Waals surface area contributed by atoms with Crippen LogP contribution in [-0.2, 0) is 17.9 Å². The van der Waals surface area contributed by atoms with Gasteiger partial charge in [0.05, 0.1) is 12.8 Å². The largest absolute Gasteiger partial charge is 0.461 e. The number of hydrogen-bond donors (Lipinski definition) is 2. The highest BCUT2D eigenvalue weighted by molar-refractivity contribution is 5.82. The van der Waals surface area contributed by atoms with Crippen LogP contribution in [0.1, 0.15) is 11.4 Å². The normalized spacial score (nSPS) is 23.9. The number of nitrogens with zero attached hydrogens (tertiary/aromatic N) is 4.